The van der Waals surface area contributed by atoms with Gasteiger partial charge in [0.05, 0.1) is 7.11 Å². The van der Waals surface area contributed by atoms with Gasteiger partial charge in [0.15, 0.2) is 0 Å². The van der Waals surface area contributed by atoms with Crippen LogP contribution in [0.4, 0.5) is 0 Å². The van der Waals surface area contributed by atoms with Gasteiger partial charge in [-0.1, -0.05) is 23.7 Å². The number of halogens is 1. The molecule has 0 atom stereocenters. The number of nitrogens with two attached hydrogens (primary N) is 1. The van der Waals surface area contributed by atoms with Crippen LogP contribution in [-0.4, -0.2) is 18.1 Å². The number of carbonyl (C=O) groups is 1. The zero-order valence-electron chi connectivity index (χ0n) is 9.87. The van der Waals surface area contributed by atoms with Crippen LogP contribution in [0.3, 0.4) is 0 Å². The van der Waals surface area contributed by atoms with Crippen LogP contribution in [0.25, 0.3) is 0 Å². The fraction of sp³-hybridized carbons (Fsp3) is 0.333. The lowest BCUT2D eigenvalue weighted by molar-refractivity contribution is -0.136. The summed E-state index contributed by atoms with van der Waals surface area (Å²) in [4.78, 5) is 15.2. The van der Waals surface area contributed by atoms with E-state index in [1.54, 1.807) is 6.08 Å². The topological polar surface area (TPSA) is 65.2 Å². The van der Waals surface area contributed by atoms with E-state index in [0.717, 1.165) is 11.3 Å². The molecule has 1 heterocycles. The third-order valence-electron chi connectivity index (χ3n) is 2.26. The quantitative estimate of drug-likeness (QED) is 0.507. The maximum Gasteiger partial charge on any atom is 0.353 e. The number of carbonyl (C=O) groups excluding carboxylic acids is 1. The Kier molecular flexibility index (Phi) is 4.97. The highest BCUT2D eigenvalue weighted by Crippen LogP contribution is 2.15. The van der Waals surface area contributed by atoms with Crippen LogP contribution in [0.15, 0.2) is 23.9 Å². The van der Waals surface area contributed by atoms with E-state index in [1.165, 1.54) is 7.11 Å². The van der Waals surface area contributed by atoms with Crippen molar-refractivity contribution in [3.63, 3.8) is 0 Å². The second-order valence-corrected chi connectivity index (χ2v) is 3.95. The van der Waals surface area contributed by atoms with Crippen molar-refractivity contribution in [1.82, 2.24) is 4.98 Å². The third kappa shape index (κ3) is 4.07. The molecule has 5 heteroatoms. The zero-order chi connectivity index (χ0) is 12.8. The average molecular weight is 255 g/mol. The second-order valence-electron chi connectivity index (χ2n) is 3.59. The molecule has 0 radical (unpaired) electrons. The minimum atomic E-state index is -0.516. The van der Waals surface area contributed by atoms with Gasteiger partial charge in [-0.3, -0.25) is 0 Å². The average Bonchev–Trinajstić information content (AvgIpc) is 2.30. The molecule has 0 saturated heterocycles. The lowest BCUT2D eigenvalue weighted by atomic mass is 10.1. The van der Waals surface area contributed by atoms with Crippen LogP contribution < -0.4 is 5.73 Å². The Morgan fingerprint density at radius 2 is 2.29 bits per heavy atom. The molecule has 0 spiro atoms. The summed E-state index contributed by atoms with van der Waals surface area (Å²) >= 11 is 5.98. The van der Waals surface area contributed by atoms with Crippen LogP contribution in [0, 0.1) is 6.92 Å². The zero-order valence-corrected chi connectivity index (χ0v) is 10.6. The molecule has 4 nitrogen and oxygen atoms in total. The predicted molar refractivity (Wildman–Crippen MR) is 66.6 cm³/mol. The minimum absolute atomic E-state index is 0.115. The summed E-state index contributed by atoms with van der Waals surface area (Å²) in [5.41, 5.74) is 7.42. The van der Waals surface area contributed by atoms with Crippen molar-refractivity contribution in [2.75, 3.05) is 7.11 Å². The Morgan fingerprint density at radius 1 is 1.59 bits per heavy atom. The standard InChI is InChI=1S/C12H15ClN2O2/c1-8-6-7-9(11(13)15-8)4-3-5-10(14)12(16)17-2/h5-7H,3-4,14H2,1-2H3/b10-5-. The smallest absolute Gasteiger partial charge is 0.353 e. The Hall–Kier alpha value is -1.55. The monoisotopic (exact) mass is 254 g/mol. The number of hydrogen-bond acceptors (Lipinski definition) is 4. The Balaban J connectivity index is 2.59. The molecular formula is C12H15ClN2O2. The van der Waals surface area contributed by atoms with Crippen LogP contribution in [0.5, 0.6) is 0 Å². The molecule has 1 aromatic heterocycles. The number of methoxy groups -OCH3 is 1. The summed E-state index contributed by atoms with van der Waals surface area (Å²) in [6.07, 6.45) is 2.93. The van der Waals surface area contributed by atoms with Crippen molar-refractivity contribution >= 4 is 17.6 Å². The number of ether oxygens (including phenoxy) is 1. The van der Waals surface area contributed by atoms with E-state index in [1.807, 2.05) is 19.1 Å². The summed E-state index contributed by atoms with van der Waals surface area (Å²) in [7, 11) is 1.30. The van der Waals surface area contributed by atoms with E-state index in [9.17, 15) is 4.79 Å². The van der Waals surface area contributed by atoms with Crippen molar-refractivity contribution in [3.8, 4) is 0 Å². The minimum Gasteiger partial charge on any atom is -0.464 e. The predicted octanol–water partition coefficient (Wildman–Crippen LogP) is 1.99. The van der Waals surface area contributed by atoms with E-state index in [0.29, 0.717) is 18.0 Å². The fourth-order valence-corrected chi connectivity index (χ4v) is 1.62. The molecule has 1 aromatic rings. The molecule has 0 fully saturated rings. The Labute approximate surface area is 105 Å². The summed E-state index contributed by atoms with van der Waals surface area (Å²) in [5, 5.41) is 0.495. The number of hydrogen-bond donors (Lipinski definition) is 1. The summed E-state index contributed by atoms with van der Waals surface area (Å²) < 4.78 is 4.48. The van der Waals surface area contributed by atoms with E-state index in [2.05, 4.69) is 9.72 Å². The molecule has 0 bridgehead atoms. The molecule has 92 valence electrons. The lowest BCUT2D eigenvalue weighted by Gasteiger charge is -2.03. The van der Waals surface area contributed by atoms with Gasteiger partial charge in [-0.05, 0) is 31.4 Å². The first-order valence-corrected chi connectivity index (χ1v) is 5.58. The van der Waals surface area contributed by atoms with Gasteiger partial charge in [0.25, 0.3) is 0 Å². The van der Waals surface area contributed by atoms with E-state index < -0.39 is 5.97 Å². The van der Waals surface area contributed by atoms with E-state index in [4.69, 9.17) is 17.3 Å². The number of rotatable bonds is 4. The molecule has 0 amide bonds. The molecule has 0 saturated carbocycles. The Bertz CT molecular complexity index is 444. The van der Waals surface area contributed by atoms with Crippen LogP contribution in [-0.2, 0) is 16.0 Å². The van der Waals surface area contributed by atoms with Gasteiger partial charge in [0.2, 0.25) is 0 Å². The number of aromatic nitrogens is 1. The van der Waals surface area contributed by atoms with Gasteiger partial charge in [-0.15, -0.1) is 0 Å². The first-order valence-electron chi connectivity index (χ1n) is 5.20. The fourth-order valence-electron chi connectivity index (χ4n) is 1.32. The molecule has 0 unspecified atom stereocenters. The van der Waals surface area contributed by atoms with Gasteiger partial charge < -0.3 is 10.5 Å². The molecule has 1 rings (SSSR count). The SMILES string of the molecule is COC(=O)/C(N)=C/CCc1ccc(C)nc1Cl. The first-order chi connectivity index (χ1) is 8.04. The highest BCUT2D eigenvalue weighted by Gasteiger charge is 2.04. The lowest BCUT2D eigenvalue weighted by Crippen LogP contribution is -2.12. The van der Waals surface area contributed by atoms with Gasteiger partial charge in [0, 0.05) is 5.69 Å². The maximum absolute atomic E-state index is 11.0. The molecule has 0 aromatic carbocycles. The number of esters is 1. The van der Waals surface area contributed by atoms with Crippen LogP contribution in [0.1, 0.15) is 17.7 Å². The maximum atomic E-state index is 11.0. The van der Waals surface area contributed by atoms with Crippen molar-refractivity contribution in [2.24, 2.45) is 5.73 Å². The molecule has 17 heavy (non-hydrogen) atoms. The highest BCUT2D eigenvalue weighted by atomic mass is 35.5. The Morgan fingerprint density at radius 3 is 2.88 bits per heavy atom. The third-order valence-corrected chi connectivity index (χ3v) is 2.59. The van der Waals surface area contributed by atoms with Gasteiger partial charge >= 0.3 is 5.97 Å². The van der Waals surface area contributed by atoms with Crippen molar-refractivity contribution in [3.05, 3.63) is 40.3 Å². The molecule has 0 aliphatic rings. The highest BCUT2D eigenvalue weighted by molar-refractivity contribution is 6.30. The number of pyridine rings is 1. The second kappa shape index (κ2) is 6.25. The van der Waals surface area contributed by atoms with E-state index >= 15 is 0 Å². The van der Waals surface area contributed by atoms with Crippen LogP contribution >= 0.6 is 11.6 Å². The molecule has 2 N–H and O–H groups in total. The number of allylic oxidation sites excluding steroid dienone is 1. The van der Waals surface area contributed by atoms with Gasteiger partial charge in [-0.25, -0.2) is 9.78 Å². The van der Waals surface area contributed by atoms with Crippen molar-refractivity contribution in [1.29, 1.82) is 0 Å². The van der Waals surface area contributed by atoms with Gasteiger partial charge in [0.1, 0.15) is 10.9 Å². The van der Waals surface area contributed by atoms with E-state index in [-0.39, 0.29) is 5.70 Å². The summed E-state index contributed by atoms with van der Waals surface area (Å²) in [6.45, 7) is 1.88. The van der Waals surface area contributed by atoms with Crippen molar-refractivity contribution < 1.29 is 9.53 Å². The molecule has 0 aliphatic heterocycles. The van der Waals surface area contributed by atoms with Gasteiger partial charge in [-0.2, -0.15) is 0 Å². The normalized spacial score (nSPS) is 11.4. The van der Waals surface area contributed by atoms with Crippen molar-refractivity contribution in [2.45, 2.75) is 19.8 Å². The first kappa shape index (κ1) is 13.5. The molecule has 0 aliphatic carbocycles. The van der Waals surface area contributed by atoms with Crippen LogP contribution in [0.2, 0.25) is 5.15 Å². The largest absolute Gasteiger partial charge is 0.464 e. The molecular weight excluding hydrogens is 240 g/mol. The summed E-state index contributed by atoms with van der Waals surface area (Å²) in [6, 6.07) is 3.82. The number of aryl methyl sites for hydroxylation is 2. The number of nitrogens with zero attached hydrogens (tertiary/aromatic N) is 1. The summed E-state index contributed by atoms with van der Waals surface area (Å²) in [5.74, 6) is -0.516.